The number of benzene rings is 3. The highest BCUT2D eigenvalue weighted by Gasteiger charge is 2.25. The molecule has 0 bridgehead atoms. The van der Waals surface area contributed by atoms with Gasteiger partial charge in [0.15, 0.2) is 0 Å². The lowest BCUT2D eigenvalue weighted by Crippen LogP contribution is -2.20. The van der Waals surface area contributed by atoms with Gasteiger partial charge in [-0.25, -0.2) is 0 Å². The van der Waals surface area contributed by atoms with Crippen molar-refractivity contribution in [1.29, 1.82) is 0 Å². The van der Waals surface area contributed by atoms with Gasteiger partial charge in [-0.15, -0.1) is 0 Å². The molecule has 4 rings (SSSR count). The molecule has 0 amide bonds. The molecule has 1 atom stereocenters. The van der Waals surface area contributed by atoms with Gasteiger partial charge in [0.25, 0.3) is 0 Å². The number of hydrogen-bond acceptors (Lipinski definition) is 2. The van der Waals surface area contributed by atoms with E-state index in [2.05, 4.69) is 66.7 Å². The molecular formula is C27H25O2P. The lowest BCUT2D eigenvalue weighted by Gasteiger charge is -2.19. The van der Waals surface area contributed by atoms with Crippen molar-refractivity contribution in [2.75, 3.05) is 12.8 Å². The molecule has 0 radical (unpaired) electrons. The van der Waals surface area contributed by atoms with E-state index in [4.69, 9.17) is 4.74 Å². The largest absolute Gasteiger partial charge is 0.465 e. The Kier molecular flexibility index (Phi) is 6.57. The fourth-order valence-electron chi connectivity index (χ4n) is 3.71. The van der Waals surface area contributed by atoms with Crippen molar-refractivity contribution in [2.45, 2.75) is 6.92 Å². The van der Waals surface area contributed by atoms with Crippen LogP contribution in [-0.4, -0.2) is 18.7 Å². The molecule has 3 aromatic rings. The van der Waals surface area contributed by atoms with Gasteiger partial charge in [-0.3, -0.25) is 4.79 Å². The Morgan fingerprint density at radius 1 is 0.833 bits per heavy atom. The average Bonchev–Trinajstić information content (AvgIpc) is 3.20. The summed E-state index contributed by atoms with van der Waals surface area (Å²) in [6, 6.07) is 31.2. The number of hydrogen-bond donors (Lipinski definition) is 0. The third-order valence-electron chi connectivity index (χ3n) is 5.28. The van der Waals surface area contributed by atoms with E-state index in [1.165, 1.54) is 10.6 Å². The summed E-state index contributed by atoms with van der Waals surface area (Å²) < 4.78 is 5.75. The van der Waals surface area contributed by atoms with Crippen LogP contribution < -0.4 is 10.6 Å². The van der Waals surface area contributed by atoms with Crippen LogP contribution in [0.1, 0.15) is 12.5 Å². The van der Waals surface area contributed by atoms with Gasteiger partial charge in [-0.1, -0.05) is 109 Å². The van der Waals surface area contributed by atoms with Crippen LogP contribution in [0.25, 0.3) is 5.57 Å². The minimum atomic E-state index is -0.557. The summed E-state index contributed by atoms with van der Waals surface area (Å²) in [5.74, 6) is -0.453. The molecule has 3 heteroatoms. The number of carbonyl (C=O) groups is 1. The van der Waals surface area contributed by atoms with Crippen molar-refractivity contribution >= 4 is 30.1 Å². The fraction of sp³-hybridized carbons (Fsp3) is 0.148. The lowest BCUT2D eigenvalue weighted by atomic mass is 10.0. The highest BCUT2D eigenvalue weighted by molar-refractivity contribution is 7.73. The maximum atomic E-state index is 12.8. The monoisotopic (exact) mass is 412 g/mol. The van der Waals surface area contributed by atoms with E-state index in [9.17, 15) is 4.79 Å². The molecule has 0 unspecified atom stereocenters. The molecule has 0 N–H and O–H groups in total. The van der Waals surface area contributed by atoms with Crippen LogP contribution in [0.5, 0.6) is 0 Å². The average molecular weight is 412 g/mol. The topological polar surface area (TPSA) is 26.3 Å². The van der Waals surface area contributed by atoms with Crippen molar-refractivity contribution in [3.63, 3.8) is 0 Å². The second-order valence-electron chi connectivity index (χ2n) is 7.34. The Balaban J connectivity index is 1.42. The van der Waals surface area contributed by atoms with Crippen LogP contribution in [0.2, 0.25) is 0 Å². The Hall–Kier alpha value is -2.96. The number of allylic oxidation sites excluding steroid dienone is 2. The SMILES string of the molecule is CC1=CC(c2ccccc2)=C[C@@H]1C(=O)OCCP(c1ccccc1)c1ccccc1. The van der Waals surface area contributed by atoms with E-state index in [0.29, 0.717) is 6.61 Å². The highest BCUT2D eigenvalue weighted by Crippen LogP contribution is 2.34. The summed E-state index contributed by atoms with van der Waals surface area (Å²) >= 11 is 0. The van der Waals surface area contributed by atoms with Gasteiger partial charge in [-0.05, 0) is 36.6 Å². The van der Waals surface area contributed by atoms with Crippen molar-refractivity contribution < 1.29 is 9.53 Å². The molecule has 3 aromatic carbocycles. The Morgan fingerprint density at radius 2 is 1.37 bits per heavy atom. The molecule has 0 fully saturated rings. The summed E-state index contributed by atoms with van der Waals surface area (Å²) in [4.78, 5) is 12.8. The zero-order valence-corrected chi connectivity index (χ0v) is 18.0. The smallest absolute Gasteiger partial charge is 0.316 e. The number of esters is 1. The molecule has 0 aliphatic heterocycles. The Labute approximate surface area is 179 Å². The molecule has 0 saturated heterocycles. The standard InChI is InChI=1S/C27H25O2P/c1-21-19-23(22-11-5-2-6-12-22)20-26(21)27(28)29-17-18-30(24-13-7-3-8-14-24)25-15-9-4-10-16-25/h2-16,19-20,26H,17-18H2,1H3/t26-/m0/s1. The zero-order valence-electron chi connectivity index (χ0n) is 17.1. The van der Waals surface area contributed by atoms with Crippen molar-refractivity contribution in [3.8, 4) is 0 Å². The Bertz CT molecular complexity index is 1000. The summed E-state index contributed by atoms with van der Waals surface area (Å²) in [6.07, 6.45) is 4.92. The molecule has 0 aromatic heterocycles. The van der Waals surface area contributed by atoms with E-state index in [0.717, 1.165) is 22.9 Å². The summed E-state index contributed by atoms with van der Waals surface area (Å²) in [6.45, 7) is 2.42. The molecular weight excluding hydrogens is 387 g/mol. The van der Waals surface area contributed by atoms with Crippen LogP contribution in [-0.2, 0) is 9.53 Å². The first kappa shape index (κ1) is 20.3. The van der Waals surface area contributed by atoms with Gasteiger partial charge < -0.3 is 4.74 Å². The molecule has 0 saturated carbocycles. The van der Waals surface area contributed by atoms with Gasteiger partial charge in [-0.2, -0.15) is 0 Å². The van der Waals surface area contributed by atoms with Crippen molar-refractivity contribution in [1.82, 2.24) is 0 Å². The molecule has 2 nitrogen and oxygen atoms in total. The first-order valence-corrected chi connectivity index (χ1v) is 11.7. The van der Waals surface area contributed by atoms with Gasteiger partial charge >= 0.3 is 5.97 Å². The fourth-order valence-corrected chi connectivity index (χ4v) is 5.86. The maximum Gasteiger partial charge on any atom is 0.316 e. The number of rotatable bonds is 7. The van der Waals surface area contributed by atoms with Crippen LogP contribution in [0.3, 0.4) is 0 Å². The van der Waals surface area contributed by atoms with Crippen LogP contribution in [0, 0.1) is 5.92 Å². The second kappa shape index (κ2) is 9.69. The Morgan fingerprint density at radius 3 is 1.93 bits per heavy atom. The zero-order chi connectivity index (χ0) is 20.8. The highest BCUT2D eigenvalue weighted by atomic mass is 31.1. The van der Waals surface area contributed by atoms with Gasteiger partial charge in [0.05, 0.1) is 12.5 Å². The molecule has 1 aliphatic rings. The van der Waals surface area contributed by atoms with Crippen molar-refractivity contribution in [3.05, 3.63) is 114 Å². The third-order valence-corrected chi connectivity index (χ3v) is 7.75. The molecule has 150 valence electrons. The lowest BCUT2D eigenvalue weighted by molar-refractivity contribution is -0.144. The van der Waals surface area contributed by atoms with Crippen LogP contribution in [0.4, 0.5) is 0 Å². The van der Waals surface area contributed by atoms with E-state index < -0.39 is 7.92 Å². The van der Waals surface area contributed by atoms with Gasteiger partial charge in [0, 0.05) is 6.16 Å². The minimum absolute atomic E-state index is 0.161. The van der Waals surface area contributed by atoms with Crippen LogP contribution >= 0.6 is 7.92 Å². The molecule has 0 heterocycles. The quantitative estimate of drug-likeness (QED) is 0.388. The molecule has 0 spiro atoms. The summed E-state index contributed by atoms with van der Waals surface area (Å²) in [7, 11) is -0.557. The normalized spacial score (nSPS) is 15.6. The number of carbonyl (C=O) groups excluding carboxylic acids is 1. The van der Waals surface area contributed by atoms with E-state index in [-0.39, 0.29) is 11.9 Å². The first-order valence-electron chi connectivity index (χ1n) is 10.2. The second-order valence-corrected chi connectivity index (χ2v) is 9.68. The predicted molar refractivity (Wildman–Crippen MR) is 127 cm³/mol. The van der Waals surface area contributed by atoms with E-state index >= 15 is 0 Å². The first-order chi connectivity index (χ1) is 14.7. The summed E-state index contributed by atoms with van der Waals surface area (Å²) in [5.41, 5.74) is 3.25. The minimum Gasteiger partial charge on any atom is -0.465 e. The molecule has 30 heavy (non-hydrogen) atoms. The number of ether oxygens (including phenoxy) is 1. The van der Waals surface area contributed by atoms with Gasteiger partial charge in [0.2, 0.25) is 0 Å². The van der Waals surface area contributed by atoms with Crippen molar-refractivity contribution in [2.24, 2.45) is 5.92 Å². The predicted octanol–water partition coefficient (Wildman–Crippen LogP) is 5.32. The van der Waals surface area contributed by atoms with E-state index in [1.807, 2.05) is 43.3 Å². The maximum absolute atomic E-state index is 12.8. The summed E-state index contributed by atoms with van der Waals surface area (Å²) in [5, 5.41) is 2.61. The third kappa shape index (κ3) is 4.78. The van der Waals surface area contributed by atoms with Gasteiger partial charge in [0.1, 0.15) is 0 Å². The van der Waals surface area contributed by atoms with E-state index in [1.54, 1.807) is 0 Å². The molecule has 1 aliphatic carbocycles. The van der Waals surface area contributed by atoms with Crippen LogP contribution in [0.15, 0.2) is 109 Å².